The normalized spacial score (nSPS) is 20.1. The van der Waals surface area contributed by atoms with Crippen LogP contribution in [0.5, 0.6) is 0 Å². The number of nitrogens with zero attached hydrogens (tertiary/aromatic N) is 5. The summed E-state index contributed by atoms with van der Waals surface area (Å²) in [5.41, 5.74) is 1.43. The molecule has 8 heteroatoms. The Kier molecular flexibility index (Phi) is 3.11. The van der Waals surface area contributed by atoms with Crippen molar-refractivity contribution in [1.82, 2.24) is 24.8 Å². The summed E-state index contributed by atoms with van der Waals surface area (Å²) < 4.78 is 17.0. The minimum Gasteiger partial charge on any atom is -0.229 e. The molecule has 1 aromatic carbocycles. The Morgan fingerprint density at radius 2 is 2.12 bits per heavy atom. The maximum atomic E-state index is 13.8. The Hall–Kier alpha value is -2.06. The van der Waals surface area contributed by atoms with Gasteiger partial charge >= 0.3 is 0 Å². The molecule has 120 valence electrons. The number of rotatable bonds is 3. The molecule has 3 aromatic heterocycles. The van der Waals surface area contributed by atoms with Crippen molar-refractivity contribution >= 4 is 39.0 Å². The monoisotopic (exact) mass is 357 g/mol. The zero-order valence-electron chi connectivity index (χ0n) is 12.7. The maximum Gasteiger partial charge on any atom is 0.177 e. The first-order valence-electron chi connectivity index (χ1n) is 7.64. The molecule has 5 rings (SSSR count). The molecule has 0 spiro atoms. The van der Waals surface area contributed by atoms with E-state index in [2.05, 4.69) is 27.2 Å². The second kappa shape index (κ2) is 5.22. The first-order valence-corrected chi connectivity index (χ1v) is 9.27. The fraction of sp³-hybridized carbons (Fsp3) is 0.250. The summed E-state index contributed by atoms with van der Waals surface area (Å²) in [6, 6.07) is 8.77. The minimum absolute atomic E-state index is 0.232. The van der Waals surface area contributed by atoms with Crippen LogP contribution in [0.2, 0.25) is 0 Å². The molecule has 0 N–H and O–H groups in total. The Bertz CT molecular complexity index is 1070. The third-order valence-electron chi connectivity index (χ3n) is 4.24. The highest BCUT2D eigenvalue weighted by Gasteiger charge is 2.38. The lowest BCUT2D eigenvalue weighted by Gasteiger charge is -2.00. The van der Waals surface area contributed by atoms with Gasteiger partial charge in [0.1, 0.15) is 10.8 Å². The van der Waals surface area contributed by atoms with Crippen LogP contribution in [-0.4, -0.2) is 24.8 Å². The number of hydrogen-bond acceptors (Lipinski definition) is 6. The van der Waals surface area contributed by atoms with Crippen LogP contribution in [0.25, 0.3) is 15.9 Å². The minimum atomic E-state index is -0.232. The van der Waals surface area contributed by atoms with E-state index in [9.17, 15) is 4.39 Å². The quantitative estimate of drug-likeness (QED) is 0.551. The molecule has 0 aliphatic heterocycles. The number of fused-ring (bicyclic) bond motifs is 2. The van der Waals surface area contributed by atoms with Gasteiger partial charge in [0.2, 0.25) is 0 Å². The standard InChI is InChI=1S/C16H12FN5S2/c1-8-7-9(8)15-20-19-12-5-6-13(21-22(12)15)23-16-18-11-4-2-3-10(17)14(11)24-16/h2-6,8-9H,7H2,1H3. The van der Waals surface area contributed by atoms with Crippen LogP contribution in [0.4, 0.5) is 4.39 Å². The molecular formula is C16H12FN5S2. The van der Waals surface area contributed by atoms with Gasteiger partial charge in [0.25, 0.3) is 0 Å². The maximum absolute atomic E-state index is 13.8. The zero-order valence-corrected chi connectivity index (χ0v) is 14.3. The van der Waals surface area contributed by atoms with Crippen LogP contribution in [0.15, 0.2) is 39.7 Å². The van der Waals surface area contributed by atoms with Crippen molar-refractivity contribution in [2.75, 3.05) is 0 Å². The molecule has 1 aliphatic carbocycles. The smallest absolute Gasteiger partial charge is 0.177 e. The fourth-order valence-corrected chi connectivity index (χ4v) is 4.74. The molecule has 5 nitrogen and oxygen atoms in total. The van der Waals surface area contributed by atoms with Crippen LogP contribution in [0.3, 0.4) is 0 Å². The Labute approximate surface area is 144 Å². The van der Waals surface area contributed by atoms with Gasteiger partial charge in [-0.15, -0.1) is 21.5 Å². The highest BCUT2D eigenvalue weighted by atomic mass is 32.2. The van der Waals surface area contributed by atoms with E-state index < -0.39 is 0 Å². The van der Waals surface area contributed by atoms with Crippen molar-refractivity contribution in [2.45, 2.75) is 28.6 Å². The van der Waals surface area contributed by atoms with Crippen molar-refractivity contribution in [1.29, 1.82) is 0 Å². The van der Waals surface area contributed by atoms with Gasteiger partial charge in [-0.2, -0.15) is 9.61 Å². The van der Waals surface area contributed by atoms with Crippen molar-refractivity contribution in [3.8, 4) is 0 Å². The predicted octanol–water partition coefficient (Wildman–Crippen LogP) is 4.15. The molecule has 2 atom stereocenters. The molecular weight excluding hydrogens is 345 g/mol. The van der Waals surface area contributed by atoms with Crippen LogP contribution in [-0.2, 0) is 0 Å². The van der Waals surface area contributed by atoms with Crippen molar-refractivity contribution in [2.24, 2.45) is 5.92 Å². The third kappa shape index (κ3) is 2.29. The Morgan fingerprint density at radius 1 is 1.25 bits per heavy atom. The van der Waals surface area contributed by atoms with Crippen LogP contribution in [0, 0.1) is 11.7 Å². The predicted molar refractivity (Wildman–Crippen MR) is 91.0 cm³/mol. The molecule has 0 saturated heterocycles. The molecule has 4 aromatic rings. The molecule has 3 heterocycles. The number of benzene rings is 1. The molecule has 24 heavy (non-hydrogen) atoms. The number of hydrogen-bond donors (Lipinski definition) is 0. The van der Waals surface area contributed by atoms with Gasteiger partial charge < -0.3 is 0 Å². The van der Waals surface area contributed by atoms with E-state index in [0.29, 0.717) is 22.1 Å². The number of aromatic nitrogens is 5. The molecule has 1 saturated carbocycles. The van der Waals surface area contributed by atoms with Crippen LogP contribution < -0.4 is 0 Å². The zero-order chi connectivity index (χ0) is 16.3. The van der Waals surface area contributed by atoms with E-state index in [-0.39, 0.29) is 5.82 Å². The lowest BCUT2D eigenvalue weighted by atomic mass is 10.3. The van der Waals surface area contributed by atoms with Gasteiger partial charge in [-0.1, -0.05) is 13.0 Å². The average Bonchev–Trinajstić information content (AvgIpc) is 2.98. The number of thiazole rings is 1. The molecule has 0 amide bonds. The van der Waals surface area contributed by atoms with E-state index in [1.54, 1.807) is 6.07 Å². The van der Waals surface area contributed by atoms with Crippen molar-refractivity contribution in [3.63, 3.8) is 0 Å². The SMILES string of the molecule is CC1CC1c1nnc2ccc(Sc3nc4cccc(F)c4s3)nn12. The van der Waals surface area contributed by atoms with Crippen molar-refractivity contribution < 1.29 is 4.39 Å². The van der Waals surface area contributed by atoms with Crippen LogP contribution >= 0.6 is 23.1 Å². The van der Waals surface area contributed by atoms with Gasteiger partial charge in [0.15, 0.2) is 15.8 Å². The first kappa shape index (κ1) is 14.3. The highest BCUT2D eigenvalue weighted by molar-refractivity contribution is 8.01. The summed E-state index contributed by atoms with van der Waals surface area (Å²) in [5, 5.41) is 13.9. The molecule has 1 aliphatic rings. The third-order valence-corrected chi connectivity index (χ3v) is 6.31. The average molecular weight is 357 g/mol. The van der Waals surface area contributed by atoms with Gasteiger partial charge in [-0.05, 0) is 48.4 Å². The largest absolute Gasteiger partial charge is 0.229 e. The second-order valence-electron chi connectivity index (χ2n) is 5.99. The van der Waals surface area contributed by atoms with Crippen LogP contribution in [0.1, 0.15) is 25.1 Å². The second-order valence-corrected chi connectivity index (χ2v) is 8.26. The van der Waals surface area contributed by atoms with E-state index in [1.807, 2.05) is 22.7 Å². The molecule has 0 radical (unpaired) electrons. The highest BCUT2D eigenvalue weighted by Crippen LogP contribution is 2.46. The van der Waals surface area contributed by atoms with Gasteiger partial charge in [-0.25, -0.2) is 9.37 Å². The lowest BCUT2D eigenvalue weighted by Crippen LogP contribution is -1.99. The summed E-state index contributed by atoms with van der Waals surface area (Å²) in [5.74, 6) is 1.78. The topological polar surface area (TPSA) is 56.0 Å². The summed E-state index contributed by atoms with van der Waals surface area (Å²) >= 11 is 2.78. The Morgan fingerprint density at radius 3 is 2.92 bits per heavy atom. The van der Waals surface area contributed by atoms with E-state index in [4.69, 9.17) is 0 Å². The van der Waals surface area contributed by atoms with Gasteiger partial charge in [0.05, 0.1) is 10.2 Å². The first-order chi connectivity index (χ1) is 11.7. The molecule has 1 fully saturated rings. The summed E-state index contributed by atoms with van der Waals surface area (Å²) in [7, 11) is 0. The Balaban J connectivity index is 1.52. The fourth-order valence-electron chi connectivity index (χ4n) is 2.78. The summed E-state index contributed by atoms with van der Waals surface area (Å²) in [6.07, 6.45) is 1.14. The van der Waals surface area contributed by atoms with E-state index in [0.717, 1.165) is 27.3 Å². The molecule has 2 unspecified atom stereocenters. The van der Waals surface area contributed by atoms with E-state index in [1.165, 1.54) is 29.2 Å². The van der Waals surface area contributed by atoms with Gasteiger partial charge in [0, 0.05) is 5.92 Å². The van der Waals surface area contributed by atoms with Crippen molar-refractivity contribution in [3.05, 3.63) is 42.0 Å². The van der Waals surface area contributed by atoms with E-state index >= 15 is 0 Å². The molecule has 0 bridgehead atoms. The lowest BCUT2D eigenvalue weighted by molar-refractivity contribution is 0.641. The summed E-state index contributed by atoms with van der Waals surface area (Å²) in [4.78, 5) is 4.48. The van der Waals surface area contributed by atoms with Gasteiger partial charge in [-0.3, -0.25) is 0 Å². The summed E-state index contributed by atoms with van der Waals surface area (Å²) in [6.45, 7) is 2.21. The number of halogens is 1.